The fourth-order valence-corrected chi connectivity index (χ4v) is 6.68. The first-order valence-corrected chi connectivity index (χ1v) is 15.5. The number of piperazine rings is 2. The molecule has 42 heavy (non-hydrogen) atoms. The predicted octanol–water partition coefficient (Wildman–Crippen LogP) is 3.55. The molecule has 8 heteroatoms. The van der Waals surface area contributed by atoms with Crippen molar-refractivity contribution in [3.8, 4) is 0 Å². The molecule has 3 atom stereocenters. The summed E-state index contributed by atoms with van der Waals surface area (Å²) in [7, 11) is 2.13. The molecule has 1 aliphatic carbocycles. The van der Waals surface area contributed by atoms with Crippen molar-refractivity contribution in [2.45, 2.75) is 77.5 Å². The van der Waals surface area contributed by atoms with Crippen LogP contribution < -0.4 is 15.5 Å². The molecule has 8 nitrogen and oxygen atoms in total. The Morgan fingerprint density at radius 3 is 2.10 bits per heavy atom. The molecule has 2 fully saturated rings. The molecule has 0 bridgehead atoms. The van der Waals surface area contributed by atoms with Crippen molar-refractivity contribution in [2.24, 2.45) is 11.8 Å². The average molecular weight is 574 g/mol. The number of nitrogens with one attached hydrogen (secondary N) is 2. The quantitative estimate of drug-likeness (QED) is 0.529. The minimum atomic E-state index is -0.917. The Bertz CT molecular complexity index is 1270. The minimum Gasteiger partial charge on any atom is -0.369 e. The van der Waals surface area contributed by atoms with Crippen molar-refractivity contribution in [1.29, 1.82) is 0 Å². The molecule has 2 aliphatic heterocycles. The maximum absolute atomic E-state index is 14.5. The third kappa shape index (κ3) is 6.48. The normalized spacial score (nSPS) is 22.7. The summed E-state index contributed by atoms with van der Waals surface area (Å²) in [6.07, 6.45) is 1.94. The molecular weight excluding hydrogens is 526 g/mol. The summed E-state index contributed by atoms with van der Waals surface area (Å²) in [5, 5.41) is 6.23. The highest BCUT2D eigenvalue weighted by atomic mass is 16.2. The first-order valence-electron chi connectivity index (χ1n) is 15.5. The van der Waals surface area contributed by atoms with E-state index in [0.29, 0.717) is 6.42 Å². The molecule has 5 rings (SSSR count). The number of benzene rings is 2. The number of fused-ring (bicyclic) bond motifs is 1. The number of likely N-dealkylation sites (N-methyl/N-ethyl adjacent to an activating group) is 1. The molecule has 2 aromatic rings. The number of anilines is 1. The lowest BCUT2D eigenvalue weighted by Gasteiger charge is -2.45. The second-order valence-corrected chi connectivity index (χ2v) is 13.8. The van der Waals surface area contributed by atoms with E-state index in [1.54, 1.807) is 4.90 Å². The number of hydrogen-bond donors (Lipinski definition) is 2. The zero-order valence-corrected chi connectivity index (χ0v) is 26.0. The molecule has 0 spiro atoms. The van der Waals surface area contributed by atoms with Crippen molar-refractivity contribution < 1.29 is 14.4 Å². The standard InChI is InChI=1S/C34H47N5O3/c1-22(2)19-28-31(40)35-29(26-20-24-9-7-8-10-25(24)21-26)33(42)39(28)30(32(41)36-34(3,4)5)23-11-13-27(14-12-23)38-17-15-37(6)16-18-38/h7-14,22,26,28-30H,15-21H2,1-6H3,(H,35,40)(H,36,41). The van der Waals surface area contributed by atoms with Crippen molar-refractivity contribution in [1.82, 2.24) is 20.4 Å². The average Bonchev–Trinajstić information content (AvgIpc) is 3.36. The highest BCUT2D eigenvalue weighted by Gasteiger charge is 2.49. The summed E-state index contributed by atoms with van der Waals surface area (Å²) >= 11 is 0. The zero-order chi connectivity index (χ0) is 30.2. The van der Waals surface area contributed by atoms with Crippen LogP contribution in [0.2, 0.25) is 0 Å². The van der Waals surface area contributed by atoms with Crippen LogP contribution in [-0.4, -0.2) is 78.4 Å². The van der Waals surface area contributed by atoms with Gasteiger partial charge in [0.1, 0.15) is 18.1 Å². The molecule has 2 heterocycles. The lowest BCUT2D eigenvalue weighted by Crippen LogP contribution is -2.67. The molecule has 3 amide bonds. The van der Waals surface area contributed by atoms with Gasteiger partial charge in [-0.05, 0) is 87.7 Å². The Morgan fingerprint density at radius 2 is 1.55 bits per heavy atom. The van der Waals surface area contributed by atoms with Crippen LogP contribution in [0.4, 0.5) is 5.69 Å². The zero-order valence-electron chi connectivity index (χ0n) is 26.0. The Hall–Kier alpha value is -3.39. The molecule has 2 N–H and O–H groups in total. The minimum absolute atomic E-state index is 0.0488. The van der Waals surface area contributed by atoms with E-state index in [1.807, 2.05) is 58.9 Å². The maximum atomic E-state index is 14.5. The molecule has 3 unspecified atom stereocenters. The Kier molecular flexibility index (Phi) is 8.65. The van der Waals surface area contributed by atoms with Gasteiger partial charge in [-0.15, -0.1) is 0 Å². The molecule has 0 aromatic heterocycles. The van der Waals surface area contributed by atoms with Crippen LogP contribution in [0.3, 0.4) is 0 Å². The van der Waals surface area contributed by atoms with Crippen molar-refractivity contribution >= 4 is 23.4 Å². The van der Waals surface area contributed by atoms with E-state index >= 15 is 0 Å². The van der Waals surface area contributed by atoms with Crippen LogP contribution in [0.5, 0.6) is 0 Å². The summed E-state index contributed by atoms with van der Waals surface area (Å²) in [6, 6.07) is 14.0. The topological polar surface area (TPSA) is 85.0 Å². The maximum Gasteiger partial charge on any atom is 0.247 e. The van der Waals surface area contributed by atoms with Gasteiger partial charge in [0.15, 0.2) is 0 Å². The Balaban J connectivity index is 1.51. The van der Waals surface area contributed by atoms with Crippen molar-refractivity contribution in [3.05, 3.63) is 65.2 Å². The van der Waals surface area contributed by atoms with E-state index < -0.39 is 23.7 Å². The highest BCUT2D eigenvalue weighted by molar-refractivity contribution is 6.00. The van der Waals surface area contributed by atoms with Crippen LogP contribution in [0.15, 0.2) is 48.5 Å². The third-order valence-corrected chi connectivity index (χ3v) is 8.81. The predicted molar refractivity (Wildman–Crippen MR) is 166 cm³/mol. The van der Waals surface area contributed by atoms with Gasteiger partial charge < -0.3 is 25.3 Å². The lowest BCUT2D eigenvalue weighted by atomic mass is 9.87. The van der Waals surface area contributed by atoms with E-state index in [2.05, 4.69) is 51.7 Å². The Morgan fingerprint density at radius 1 is 0.952 bits per heavy atom. The highest BCUT2D eigenvalue weighted by Crippen LogP contribution is 2.36. The molecule has 0 saturated carbocycles. The summed E-state index contributed by atoms with van der Waals surface area (Å²) in [4.78, 5) is 48.8. The molecule has 2 aromatic carbocycles. The van der Waals surface area contributed by atoms with Gasteiger partial charge in [0.2, 0.25) is 17.7 Å². The van der Waals surface area contributed by atoms with Crippen LogP contribution in [-0.2, 0) is 27.2 Å². The molecule has 0 radical (unpaired) electrons. The Labute approximate surface area is 250 Å². The number of nitrogens with zero attached hydrogens (tertiary/aromatic N) is 3. The van der Waals surface area contributed by atoms with Gasteiger partial charge in [0, 0.05) is 37.4 Å². The van der Waals surface area contributed by atoms with E-state index in [9.17, 15) is 14.4 Å². The monoisotopic (exact) mass is 573 g/mol. The number of carbonyl (C=O) groups is 3. The summed E-state index contributed by atoms with van der Waals surface area (Å²) in [6.45, 7) is 13.8. The van der Waals surface area contributed by atoms with Gasteiger partial charge in [0.05, 0.1) is 0 Å². The fourth-order valence-electron chi connectivity index (χ4n) is 6.68. The summed E-state index contributed by atoms with van der Waals surface area (Å²) in [5.74, 6) is -0.496. The van der Waals surface area contributed by atoms with Gasteiger partial charge in [-0.1, -0.05) is 50.2 Å². The first-order chi connectivity index (χ1) is 19.9. The number of amides is 3. The van der Waals surface area contributed by atoms with Gasteiger partial charge >= 0.3 is 0 Å². The second-order valence-electron chi connectivity index (χ2n) is 13.8. The van der Waals surface area contributed by atoms with Crippen molar-refractivity contribution in [2.75, 3.05) is 38.1 Å². The molecule has 3 aliphatic rings. The smallest absolute Gasteiger partial charge is 0.247 e. The number of hydrogen-bond acceptors (Lipinski definition) is 5. The van der Waals surface area contributed by atoms with Crippen LogP contribution >= 0.6 is 0 Å². The largest absolute Gasteiger partial charge is 0.369 e. The van der Waals surface area contributed by atoms with Gasteiger partial charge in [0.25, 0.3) is 0 Å². The van der Waals surface area contributed by atoms with E-state index in [0.717, 1.165) is 50.3 Å². The van der Waals surface area contributed by atoms with Gasteiger partial charge in [-0.2, -0.15) is 0 Å². The van der Waals surface area contributed by atoms with E-state index in [4.69, 9.17) is 0 Å². The van der Waals surface area contributed by atoms with Crippen LogP contribution in [0.25, 0.3) is 0 Å². The van der Waals surface area contributed by atoms with E-state index in [1.165, 1.54) is 11.1 Å². The summed E-state index contributed by atoms with van der Waals surface area (Å²) < 4.78 is 0. The van der Waals surface area contributed by atoms with Gasteiger partial charge in [-0.3, -0.25) is 14.4 Å². The van der Waals surface area contributed by atoms with E-state index in [-0.39, 0.29) is 29.6 Å². The SMILES string of the molecule is CC(C)CC1C(=O)NC(C2Cc3ccccc3C2)C(=O)N1C(C(=O)NC(C)(C)C)c1ccc(N2CCN(C)CC2)cc1. The fraction of sp³-hybridized carbons (Fsp3) is 0.559. The number of carbonyl (C=O) groups excluding carboxylic acids is 3. The molecule has 226 valence electrons. The molecule has 2 saturated heterocycles. The van der Waals surface area contributed by atoms with Crippen molar-refractivity contribution in [3.63, 3.8) is 0 Å². The van der Waals surface area contributed by atoms with Crippen LogP contribution in [0.1, 0.15) is 63.8 Å². The van der Waals surface area contributed by atoms with Crippen LogP contribution in [0, 0.1) is 11.8 Å². The molecular formula is C34H47N5O3. The second kappa shape index (κ2) is 12.1. The summed E-state index contributed by atoms with van der Waals surface area (Å²) in [5.41, 5.74) is 3.77. The first kappa shape index (κ1) is 30.1. The number of rotatable bonds is 7. The van der Waals surface area contributed by atoms with Gasteiger partial charge in [-0.25, -0.2) is 0 Å². The lowest BCUT2D eigenvalue weighted by molar-refractivity contribution is -0.158. The third-order valence-electron chi connectivity index (χ3n) is 8.81.